The van der Waals surface area contributed by atoms with Crippen LogP contribution in [0, 0.1) is 5.92 Å². The van der Waals surface area contributed by atoms with Crippen LogP contribution in [0.3, 0.4) is 0 Å². The zero-order valence-corrected chi connectivity index (χ0v) is 16.7. The minimum atomic E-state index is -2.89. The maximum atomic E-state index is 12.5. The largest absolute Gasteiger partial charge is 0.695 e. The van der Waals surface area contributed by atoms with Crippen LogP contribution in [0.15, 0.2) is 43.0 Å². The van der Waals surface area contributed by atoms with Gasteiger partial charge >= 0.3 is 8.25 Å². The highest BCUT2D eigenvalue weighted by molar-refractivity contribution is 7.32. The Morgan fingerprint density at radius 2 is 2.07 bits per heavy atom. The molecular weight excluding hydrogens is 413 g/mol. The van der Waals surface area contributed by atoms with Crippen LogP contribution in [0.4, 0.5) is 5.82 Å². The van der Waals surface area contributed by atoms with E-state index in [0.717, 1.165) is 0 Å². The number of aliphatic hydroxyl groups is 1. The lowest BCUT2D eigenvalue weighted by Crippen LogP contribution is -2.26. The Labute approximate surface area is 171 Å². The van der Waals surface area contributed by atoms with Crippen LogP contribution in [0.25, 0.3) is 11.2 Å². The van der Waals surface area contributed by atoms with Gasteiger partial charge in [-0.1, -0.05) is 25.1 Å². The molecule has 30 heavy (non-hydrogen) atoms. The third-order valence-corrected chi connectivity index (χ3v) is 5.42. The molecule has 0 bridgehead atoms. The fraction of sp³-hybridized carbons (Fsp3) is 0.333. The highest BCUT2D eigenvalue weighted by atomic mass is 31.1. The first-order valence-electron chi connectivity index (χ1n) is 9.12. The molecule has 12 heteroatoms. The number of carbonyl (C=O) groups excluding carboxylic acids is 1. The second-order valence-electron chi connectivity index (χ2n) is 6.78. The molecule has 1 aromatic carbocycles. The summed E-state index contributed by atoms with van der Waals surface area (Å²) in [7, 11) is -2.89. The van der Waals surface area contributed by atoms with Crippen molar-refractivity contribution in [3.8, 4) is 0 Å². The number of carbonyl (C=O) groups is 1. The van der Waals surface area contributed by atoms with Crippen molar-refractivity contribution in [2.24, 2.45) is 5.92 Å². The van der Waals surface area contributed by atoms with Gasteiger partial charge in [0, 0.05) is 16.0 Å². The highest BCUT2D eigenvalue weighted by Gasteiger charge is 2.48. The van der Waals surface area contributed by atoms with Crippen LogP contribution in [0.2, 0.25) is 0 Å². The Kier molecular flexibility index (Phi) is 5.80. The summed E-state index contributed by atoms with van der Waals surface area (Å²) in [4.78, 5) is 34.3. The molecule has 4 rings (SSSR count). The summed E-state index contributed by atoms with van der Waals surface area (Å²) >= 11 is 0. The number of benzene rings is 1. The molecule has 3 N–H and O–H groups in total. The van der Waals surface area contributed by atoms with Crippen LogP contribution >= 0.6 is 8.25 Å². The Balaban J connectivity index is 1.67. The van der Waals surface area contributed by atoms with Gasteiger partial charge in [-0.3, -0.25) is 9.36 Å². The SMILES string of the molecule is C[C@H]1[C@@H](O[P+](=O)O)[C@H](n2cnc3c(NC(=O)c4ccccc4)ncnc32)O[C@@H]1CO. The molecule has 0 saturated carbocycles. The number of hydrogen-bond acceptors (Lipinski definition) is 8. The number of fused-ring (bicyclic) bond motifs is 1. The maximum Gasteiger partial charge on any atom is 0.695 e. The molecule has 1 aliphatic heterocycles. The maximum absolute atomic E-state index is 12.5. The van der Waals surface area contributed by atoms with Gasteiger partial charge in [-0.05, 0) is 12.1 Å². The van der Waals surface area contributed by atoms with E-state index in [1.807, 2.05) is 6.07 Å². The molecule has 1 fully saturated rings. The number of anilines is 1. The van der Waals surface area contributed by atoms with Crippen LogP contribution in [-0.4, -0.2) is 54.2 Å². The fourth-order valence-electron chi connectivity index (χ4n) is 3.44. The van der Waals surface area contributed by atoms with E-state index in [1.54, 1.807) is 31.2 Å². The highest BCUT2D eigenvalue weighted by Crippen LogP contribution is 2.41. The number of ether oxygens (including phenoxy) is 1. The zero-order valence-electron chi connectivity index (χ0n) is 15.8. The normalized spacial score (nSPS) is 24.2. The molecule has 11 nitrogen and oxygen atoms in total. The molecule has 1 unspecified atom stereocenters. The number of aliphatic hydroxyl groups excluding tert-OH is 1. The molecule has 1 aliphatic rings. The summed E-state index contributed by atoms with van der Waals surface area (Å²) in [6.45, 7) is 1.48. The molecule has 2 aromatic heterocycles. The first-order chi connectivity index (χ1) is 14.5. The van der Waals surface area contributed by atoms with Crippen molar-refractivity contribution in [1.29, 1.82) is 0 Å². The Bertz CT molecular complexity index is 1080. The lowest BCUT2D eigenvalue weighted by molar-refractivity contribution is -0.0450. The molecule has 5 atom stereocenters. The van der Waals surface area contributed by atoms with E-state index < -0.39 is 26.7 Å². The van der Waals surface area contributed by atoms with Gasteiger partial charge in [0.25, 0.3) is 5.91 Å². The minimum Gasteiger partial charge on any atom is -0.394 e. The van der Waals surface area contributed by atoms with Gasteiger partial charge in [0.2, 0.25) is 0 Å². The summed E-state index contributed by atoms with van der Waals surface area (Å²) in [5.74, 6) is -0.500. The molecule has 3 heterocycles. The number of nitrogens with one attached hydrogen (secondary N) is 1. The van der Waals surface area contributed by atoms with Crippen LogP contribution < -0.4 is 5.32 Å². The fourth-order valence-corrected chi connectivity index (χ4v) is 3.94. The van der Waals surface area contributed by atoms with Crippen molar-refractivity contribution in [2.45, 2.75) is 25.4 Å². The van der Waals surface area contributed by atoms with Crippen molar-refractivity contribution in [3.05, 3.63) is 48.5 Å². The van der Waals surface area contributed by atoms with E-state index in [2.05, 4.69) is 20.3 Å². The van der Waals surface area contributed by atoms with Gasteiger partial charge in [0.05, 0.1) is 19.0 Å². The molecule has 1 amide bonds. The second kappa shape index (κ2) is 8.50. The van der Waals surface area contributed by atoms with Gasteiger partial charge in [0.1, 0.15) is 6.33 Å². The molecule has 3 aromatic rings. The lowest BCUT2D eigenvalue weighted by Gasteiger charge is -2.16. The third-order valence-electron chi connectivity index (χ3n) is 4.99. The van der Waals surface area contributed by atoms with E-state index in [-0.39, 0.29) is 24.2 Å². The first kappa shape index (κ1) is 20.5. The number of imidazole rings is 1. The minimum absolute atomic E-state index is 0.211. The van der Waals surface area contributed by atoms with Crippen molar-refractivity contribution in [3.63, 3.8) is 0 Å². The summed E-state index contributed by atoms with van der Waals surface area (Å²) < 4.78 is 23.8. The Hall–Kier alpha value is -2.82. The van der Waals surface area contributed by atoms with Crippen LogP contribution in [0.1, 0.15) is 23.5 Å². The van der Waals surface area contributed by atoms with Crippen molar-refractivity contribution in [2.75, 3.05) is 11.9 Å². The number of nitrogens with zero attached hydrogens (tertiary/aromatic N) is 4. The van der Waals surface area contributed by atoms with Crippen LogP contribution in [0.5, 0.6) is 0 Å². The number of hydrogen-bond donors (Lipinski definition) is 3. The molecule has 0 aliphatic carbocycles. The topological polar surface area (TPSA) is 149 Å². The number of aromatic nitrogens is 4. The van der Waals surface area contributed by atoms with Crippen molar-refractivity contribution < 1.29 is 28.6 Å². The quantitative estimate of drug-likeness (QED) is 0.494. The second-order valence-corrected chi connectivity index (χ2v) is 7.47. The van der Waals surface area contributed by atoms with E-state index in [1.165, 1.54) is 17.2 Å². The molecule has 0 radical (unpaired) electrons. The Morgan fingerprint density at radius 1 is 1.30 bits per heavy atom. The average molecular weight is 432 g/mol. The van der Waals surface area contributed by atoms with Gasteiger partial charge < -0.3 is 15.2 Å². The molecule has 156 valence electrons. The van der Waals surface area contributed by atoms with E-state index >= 15 is 0 Å². The number of rotatable bonds is 6. The first-order valence-corrected chi connectivity index (χ1v) is 10.3. The summed E-state index contributed by atoms with van der Waals surface area (Å²) in [5, 5.41) is 12.3. The average Bonchev–Trinajstić information content (AvgIpc) is 3.30. The van der Waals surface area contributed by atoms with Gasteiger partial charge in [-0.15, -0.1) is 9.42 Å². The van der Waals surface area contributed by atoms with E-state index in [0.29, 0.717) is 16.7 Å². The van der Waals surface area contributed by atoms with Crippen molar-refractivity contribution in [1.82, 2.24) is 19.5 Å². The van der Waals surface area contributed by atoms with Gasteiger partial charge in [0.15, 0.2) is 29.3 Å². The standard InChI is InChI=1S/C18H18N5O6P/c1-10-12(7-24)28-18(14(10)29-30(26)27)23-9-21-13-15(19-8-20-16(13)23)22-17(25)11-5-3-2-4-6-11/h2-6,8-10,12,14,18,24H,7H2,1H3,(H-,19,20,22,25,26,27)/p+1/t10-,12-,14-,18-/m1/s1. The molecule has 0 spiro atoms. The van der Waals surface area contributed by atoms with Gasteiger partial charge in [-0.25, -0.2) is 15.0 Å². The van der Waals surface area contributed by atoms with Gasteiger partial charge in [-0.2, -0.15) is 0 Å². The summed E-state index contributed by atoms with van der Waals surface area (Å²) in [5.41, 5.74) is 1.12. The zero-order chi connectivity index (χ0) is 21.3. The predicted molar refractivity (Wildman–Crippen MR) is 105 cm³/mol. The predicted octanol–water partition coefficient (Wildman–Crippen LogP) is 1.64. The monoisotopic (exact) mass is 432 g/mol. The number of amides is 1. The van der Waals surface area contributed by atoms with E-state index in [9.17, 15) is 19.4 Å². The van der Waals surface area contributed by atoms with Crippen molar-refractivity contribution >= 4 is 31.1 Å². The Morgan fingerprint density at radius 3 is 2.77 bits per heavy atom. The lowest BCUT2D eigenvalue weighted by atomic mass is 10.0. The van der Waals surface area contributed by atoms with E-state index in [4.69, 9.17) is 9.26 Å². The summed E-state index contributed by atoms with van der Waals surface area (Å²) in [6.07, 6.45) is 0.443. The summed E-state index contributed by atoms with van der Waals surface area (Å²) in [6, 6.07) is 8.66. The smallest absolute Gasteiger partial charge is 0.394 e. The molecular formula is C18H19N5O6P+. The molecule has 1 saturated heterocycles. The van der Waals surface area contributed by atoms with Crippen LogP contribution in [-0.2, 0) is 13.8 Å². The third kappa shape index (κ3) is 3.81.